The number of nitrogens with zero attached hydrogens (tertiary/aromatic N) is 2. The van der Waals surface area contributed by atoms with Crippen molar-refractivity contribution in [3.05, 3.63) is 30.5 Å². The van der Waals surface area contributed by atoms with E-state index in [0.29, 0.717) is 6.54 Å². The molecule has 1 atom stereocenters. The van der Waals surface area contributed by atoms with Crippen molar-refractivity contribution in [2.24, 2.45) is 18.1 Å². The van der Waals surface area contributed by atoms with Gasteiger partial charge in [0, 0.05) is 43.0 Å². The van der Waals surface area contributed by atoms with Gasteiger partial charge in [-0.25, -0.2) is 13.6 Å². The van der Waals surface area contributed by atoms with E-state index in [0.717, 1.165) is 16.6 Å². The molecule has 7 heteroatoms. The van der Waals surface area contributed by atoms with Crippen molar-refractivity contribution in [2.75, 3.05) is 17.2 Å². The Morgan fingerprint density at radius 3 is 2.81 bits per heavy atom. The Kier molecular flexibility index (Phi) is 3.26. The molecule has 1 aliphatic heterocycles. The highest BCUT2D eigenvalue weighted by Crippen LogP contribution is 2.32. The van der Waals surface area contributed by atoms with E-state index >= 15 is 0 Å². The van der Waals surface area contributed by atoms with Crippen molar-refractivity contribution in [2.45, 2.75) is 6.42 Å². The van der Waals surface area contributed by atoms with Crippen molar-refractivity contribution in [3.8, 4) is 0 Å². The lowest BCUT2D eigenvalue weighted by Crippen LogP contribution is -2.27. The molecular formula is C14H17N3O3S. The number of aryl methyl sites for hydroxylation is 1. The second-order valence-electron chi connectivity index (χ2n) is 5.54. The molecule has 1 aromatic heterocycles. The first-order chi connectivity index (χ1) is 9.85. The predicted molar refractivity (Wildman–Crippen MR) is 81.4 cm³/mol. The summed E-state index contributed by atoms with van der Waals surface area (Å²) in [6.45, 7) is 0.392. The van der Waals surface area contributed by atoms with Gasteiger partial charge in [-0.2, -0.15) is 0 Å². The predicted octanol–water partition coefficient (Wildman–Crippen LogP) is 0.820. The fourth-order valence-electron chi connectivity index (χ4n) is 2.98. The summed E-state index contributed by atoms with van der Waals surface area (Å²) < 4.78 is 24.4. The zero-order chi connectivity index (χ0) is 15.2. The highest BCUT2D eigenvalue weighted by Gasteiger charge is 2.33. The Morgan fingerprint density at radius 1 is 1.33 bits per heavy atom. The van der Waals surface area contributed by atoms with Crippen molar-refractivity contribution in [1.29, 1.82) is 0 Å². The number of aromatic nitrogens is 1. The largest absolute Gasteiger partial charge is 0.350 e. The SMILES string of the molecule is Cn1ccc2c(N3CC(CS(N)(=O)=O)CC3=O)cccc21. The number of carbonyl (C=O) groups is 1. The second-order valence-corrected chi connectivity index (χ2v) is 7.20. The van der Waals surface area contributed by atoms with Gasteiger partial charge >= 0.3 is 0 Å². The van der Waals surface area contributed by atoms with E-state index in [1.807, 2.05) is 42.1 Å². The number of hydrogen-bond donors (Lipinski definition) is 1. The van der Waals surface area contributed by atoms with E-state index in [4.69, 9.17) is 5.14 Å². The molecule has 0 bridgehead atoms. The number of amides is 1. The average Bonchev–Trinajstić information content (AvgIpc) is 2.91. The Morgan fingerprint density at radius 2 is 2.10 bits per heavy atom. The summed E-state index contributed by atoms with van der Waals surface area (Å²) in [5.41, 5.74) is 1.87. The van der Waals surface area contributed by atoms with Crippen LogP contribution in [-0.2, 0) is 21.9 Å². The number of hydrogen-bond acceptors (Lipinski definition) is 3. The number of primary sulfonamides is 1. The zero-order valence-electron chi connectivity index (χ0n) is 11.7. The summed E-state index contributed by atoms with van der Waals surface area (Å²) in [6, 6.07) is 7.74. The van der Waals surface area contributed by atoms with Gasteiger partial charge in [-0.1, -0.05) is 6.07 Å². The number of nitrogens with two attached hydrogens (primary N) is 1. The van der Waals surface area contributed by atoms with Gasteiger partial charge in [0.15, 0.2) is 0 Å². The first kappa shape index (κ1) is 14.1. The lowest BCUT2D eigenvalue weighted by molar-refractivity contribution is -0.117. The van der Waals surface area contributed by atoms with Crippen LogP contribution in [0.1, 0.15) is 6.42 Å². The summed E-state index contributed by atoms with van der Waals surface area (Å²) in [5.74, 6) is -0.452. The Labute approximate surface area is 123 Å². The average molecular weight is 307 g/mol. The molecule has 0 saturated carbocycles. The molecule has 2 heterocycles. The lowest BCUT2D eigenvalue weighted by Gasteiger charge is -2.18. The third-order valence-corrected chi connectivity index (χ3v) is 4.80. The van der Waals surface area contributed by atoms with E-state index in [1.54, 1.807) is 4.90 Å². The minimum atomic E-state index is -3.56. The number of carbonyl (C=O) groups excluding carboxylic acids is 1. The van der Waals surface area contributed by atoms with Gasteiger partial charge in [-0.05, 0) is 18.2 Å². The van der Waals surface area contributed by atoms with Gasteiger partial charge in [0.1, 0.15) is 0 Å². The van der Waals surface area contributed by atoms with Crippen LogP contribution in [0, 0.1) is 5.92 Å². The summed E-state index contributed by atoms with van der Waals surface area (Å²) in [5, 5.41) is 6.07. The van der Waals surface area contributed by atoms with E-state index < -0.39 is 10.0 Å². The van der Waals surface area contributed by atoms with Gasteiger partial charge in [-0.3, -0.25) is 4.79 Å². The Bertz CT molecular complexity index is 810. The fraction of sp³-hybridized carbons (Fsp3) is 0.357. The molecule has 1 aliphatic rings. The topological polar surface area (TPSA) is 85.4 Å². The summed E-state index contributed by atoms with van der Waals surface area (Å²) in [7, 11) is -1.61. The molecule has 6 nitrogen and oxygen atoms in total. The quantitative estimate of drug-likeness (QED) is 0.911. The minimum Gasteiger partial charge on any atom is -0.350 e. The van der Waals surface area contributed by atoms with Crippen LogP contribution in [0.3, 0.4) is 0 Å². The summed E-state index contributed by atoms with van der Waals surface area (Å²) in [6.07, 6.45) is 2.16. The van der Waals surface area contributed by atoms with Gasteiger partial charge < -0.3 is 9.47 Å². The number of fused-ring (bicyclic) bond motifs is 1. The van der Waals surface area contributed by atoms with E-state index in [9.17, 15) is 13.2 Å². The molecule has 2 N–H and O–H groups in total. The molecule has 0 radical (unpaired) electrons. The van der Waals surface area contributed by atoms with Crippen LogP contribution >= 0.6 is 0 Å². The van der Waals surface area contributed by atoms with Gasteiger partial charge in [-0.15, -0.1) is 0 Å². The molecule has 0 spiro atoms. The van der Waals surface area contributed by atoms with Crippen LogP contribution in [0.25, 0.3) is 10.9 Å². The smallest absolute Gasteiger partial charge is 0.227 e. The fourth-order valence-corrected chi connectivity index (χ4v) is 3.86. The first-order valence-corrected chi connectivity index (χ1v) is 8.41. The van der Waals surface area contributed by atoms with Crippen molar-refractivity contribution < 1.29 is 13.2 Å². The molecule has 0 aliphatic carbocycles. The molecule has 1 aromatic carbocycles. The van der Waals surface area contributed by atoms with E-state index in [1.165, 1.54) is 0 Å². The Balaban J connectivity index is 1.94. The summed E-state index contributed by atoms with van der Waals surface area (Å²) in [4.78, 5) is 13.9. The molecule has 21 heavy (non-hydrogen) atoms. The molecular weight excluding hydrogens is 290 g/mol. The maximum atomic E-state index is 12.2. The lowest BCUT2D eigenvalue weighted by atomic mass is 10.1. The second kappa shape index (κ2) is 4.85. The van der Waals surface area contributed by atoms with Crippen LogP contribution in [0.4, 0.5) is 5.69 Å². The van der Waals surface area contributed by atoms with Crippen LogP contribution in [0.2, 0.25) is 0 Å². The van der Waals surface area contributed by atoms with Crippen LogP contribution in [0.15, 0.2) is 30.5 Å². The molecule has 1 amide bonds. The number of benzene rings is 1. The standard InChI is InChI=1S/C14H17N3O3S/c1-16-6-5-11-12(16)3-2-4-13(11)17-8-10(7-14(17)18)9-21(15,19)20/h2-6,10H,7-9H2,1H3,(H2,15,19,20). The monoisotopic (exact) mass is 307 g/mol. The minimum absolute atomic E-state index is 0.0556. The van der Waals surface area contributed by atoms with Crippen molar-refractivity contribution in [3.63, 3.8) is 0 Å². The molecule has 1 unspecified atom stereocenters. The summed E-state index contributed by atoms with van der Waals surface area (Å²) >= 11 is 0. The van der Waals surface area contributed by atoms with Gasteiger partial charge in [0.2, 0.25) is 15.9 Å². The van der Waals surface area contributed by atoms with Gasteiger partial charge in [0.05, 0.1) is 11.4 Å². The number of rotatable bonds is 3. The first-order valence-electron chi connectivity index (χ1n) is 6.70. The zero-order valence-corrected chi connectivity index (χ0v) is 12.5. The molecule has 1 fully saturated rings. The maximum Gasteiger partial charge on any atom is 0.227 e. The highest BCUT2D eigenvalue weighted by atomic mass is 32.2. The molecule has 1 saturated heterocycles. The number of anilines is 1. The highest BCUT2D eigenvalue weighted by molar-refractivity contribution is 7.89. The van der Waals surface area contributed by atoms with Gasteiger partial charge in [0.25, 0.3) is 0 Å². The van der Waals surface area contributed by atoms with E-state index in [-0.39, 0.29) is 24.0 Å². The molecule has 2 aromatic rings. The third-order valence-electron chi connectivity index (χ3n) is 3.87. The van der Waals surface area contributed by atoms with Crippen LogP contribution in [0.5, 0.6) is 0 Å². The normalized spacial score (nSPS) is 19.6. The van der Waals surface area contributed by atoms with Crippen molar-refractivity contribution in [1.82, 2.24) is 4.57 Å². The third kappa shape index (κ3) is 2.66. The van der Waals surface area contributed by atoms with Crippen LogP contribution in [-0.4, -0.2) is 31.2 Å². The van der Waals surface area contributed by atoms with Crippen molar-refractivity contribution >= 4 is 32.5 Å². The Hall–Kier alpha value is -1.86. The maximum absolute atomic E-state index is 12.2. The molecule has 112 valence electrons. The van der Waals surface area contributed by atoms with E-state index in [2.05, 4.69) is 0 Å². The van der Waals surface area contributed by atoms with Crippen LogP contribution < -0.4 is 10.0 Å². The molecule has 3 rings (SSSR count). The number of sulfonamides is 1.